The molecule has 3 aromatic heterocycles. The Morgan fingerprint density at radius 2 is 2.23 bits per heavy atom. The molecule has 4 N–H and O–H groups in total. The number of nitrogens with one attached hydrogen (secondary N) is 1. The van der Waals surface area contributed by atoms with E-state index in [-0.39, 0.29) is 22.2 Å². The Balaban J connectivity index is 1.36. The number of aliphatic carboxylic acids is 1. The molecule has 15 heteroatoms. The molecule has 180 valence electrons. The second kappa shape index (κ2) is 9.24. The lowest BCUT2D eigenvalue weighted by Crippen LogP contribution is -2.72. The van der Waals surface area contributed by atoms with Gasteiger partial charge in [0.15, 0.2) is 15.2 Å². The molecular formula is C20H17N7O5S3. The molecule has 0 spiro atoms. The van der Waals surface area contributed by atoms with Crippen molar-refractivity contribution in [3.05, 3.63) is 40.1 Å². The van der Waals surface area contributed by atoms with E-state index in [9.17, 15) is 19.5 Å². The number of allylic oxidation sites excluding steroid dienone is 1. The lowest BCUT2D eigenvalue weighted by atomic mass is 9.86. The minimum absolute atomic E-state index is 0.0859. The fraction of sp³-hybridized carbons (Fsp3) is 0.250. The maximum absolute atomic E-state index is 13.0. The standard InChI is InChI=1S/C20H17N7O5S3/c1-32-26-13(9-7-33-19(21)23-9)16(28)25-14-10-2-3-12(15(18(30)31)27(10)17(14)29)35-20-24-8-6-22-5-4-11(8)34-20/h4-7,10,14H,2-3H2,1H3,(H2,21,23)(H,25,28)(H,30,31)/b26-13-/t10?,14-/m0/s1. The van der Waals surface area contributed by atoms with Gasteiger partial charge in [-0.3, -0.25) is 19.5 Å². The number of β-lactam (4-membered cyclic amide) rings is 1. The normalized spacial score (nSPS) is 20.0. The number of rotatable bonds is 7. The van der Waals surface area contributed by atoms with Crippen LogP contribution in [0, 0.1) is 0 Å². The van der Waals surface area contributed by atoms with Crippen molar-refractivity contribution in [3.63, 3.8) is 0 Å². The zero-order valence-corrected chi connectivity index (χ0v) is 20.4. The Labute approximate surface area is 209 Å². The third-order valence-electron chi connectivity index (χ3n) is 5.42. The number of nitrogens with zero attached hydrogens (tertiary/aromatic N) is 5. The number of anilines is 1. The van der Waals surface area contributed by atoms with E-state index < -0.39 is 29.9 Å². The number of pyridine rings is 1. The number of oxime groups is 1. The van der Waals surface area contributed by atoms with Gasteiger partial charge in [0.1, 0.15) is 30.1 Å². The van der Waals surface area contributed by atoms with Gasteiger partial charge in [0.2, 0.25) is 0 Å². The van der Waals surface area contributed by atoms with Crippen LogP contribution in [0.4, 0.5) is 5.13 Å². The number of hydrogen-bond acceptors (Lipinski definition) is 12. The lowest BCUT2D eigenvalue weighted by Gasteiger charge is -2.49. The van der Waals surface area contributed by atoms with Gasteiger partial charge in [0.05, 0.1) is 16.9 Å². The van der Waals surface area contributed by atoms with Crippen molar-refractivity contribution in [2.75, 3.05) is 12.8 Å². The fourth-order valence-electron chi connectivity index (χ4n) is 3.94. The molecule has 0 bridgehead atoms. The van der Waals surface area contributed by atoms with E-state index in [4.69, 9.17) is 10.6 Å². The van der Waals surface area contributed by atoms with E-state index in [1.807, 2.05) is 6.07 Å². The van der Waals surface area contributed by atoms with Crippen LogP contribution >= 0.6 is 34.4 Å². The minimum atomic E-state index is -1.21. The smallest absolute Gasteiger partial charge is 0.353 e. The summed E-state index contributed by atoms with van der Waals surface area (Å²) in [5.74, 6) is -2.39. The van der Waals surface area contributed by atoms with Crippen molar-refractivity contribution >= 4 is 73.3 Å². The Morgan fingerprint density at radius 1 is 1.40 bits per heavy atom. The molecule has 0 aromatic carbocycles. The van der Waals surface area contributed by atoms with Gasteiger partial charge >= 0.3 is 5.97 Å². The molecule has 12 nitrogen and oxygen atoms in total. The lowest BCUT2D eigenvalue weighted by molar-refractivity contribution is -0.155. The van der Waals surface area contributed by atoms with E-state index >= 15 is 0 Å². The Hall–Kier alpha value is -3.56. The molecular weight excluding hydrogens is 514 g/mol. The number of carboxylic acids is 1. The molecule has 5 heterocycles. The van der Waals surface area contributed by atoms with Crippen molar-refractivity contribution in [3.8, 4) is 0 Å². The summed E-state index contributed by atoms with van der Waals surface area (Å²) < 4.78 is 1.60. The number of thiazole rings is 2. The first-order chi connectivity index (χ1) is 16.9. The van der Waals surface area contributed by atoms with Crippen LogP contribution in [-0.4, -0.2) is 67.6 Å². The van der Waals surface area contributed by atoms with Gasteiger partial charge < -0.3 is 21.0 Å². The number of carbonyl (C=O) groups is 3. The molecule has 1 unspecified atom stereocenters. The van der Waals surface area contributed by atoms with Gasteiger partial charge in [-0.25, -0.2) is 14.8 Å². The van der Waals surface area contributed by atoms with Crippen LogP contribution in [0.25, 0.3) is 10.2 Å². The number of hydrogen-bond donors (Lipinski definition) is 3. The molecule has 1 saturated heterocycles. The second-order valence-electron chi connectivity index (χ2n) is 7.46. The number of carbonyl (C=O) groups excluding carboxylic acids is 2. The average molecular weight is 532 g/mol. The van der Waals surface area contributed by atoms with E-state index in [0.29, 0.717) is 22.1 Å². The van der Waals surface area contributed by atoms with Gasteiger partial charge in [-0.05, 0) is 18.9 Å². The fourth-order valence-corrected chi connectivity index (χ4v) is 6.74. The summed E-state index contributed by atoms with van der Waals surface area (Å²) >= 11 is 3.80. The van der Waals surface area contributed by atoms with Crippen LogP contribution < -0.4 is 11.1 Å². The number of nitrogen functional groups attached to an aromatic ring is 1. The number of nitrogens with two attached hydrogens (primary N) is 1. The molecule has 3 aromatic rings. The number of carboxylic acid groups (broad SMARTS) is 1. The Kier molecular flexibility index (Phi) is 6.12. The number of fused-ring (bicyclic) bond motifs is 2. The molecule has 0 saturated carbocycles. The third-order valence-corrected chi connectivity index (χ3v) is 8.34. The van der Waals surface area contributed by atoms with Crippen molar-refractivity contribution in [2.45, 2.75) is 29.3 Å². The van der Waals surface area contributed by atoms with Gasteiger partial charge in [-0.1, -0.05) is 16.9 Å². The predicted octanol–water partition coefficient (Wildman–Crippen LogP) is 1.66. The quantitative estimate of drug-likeness (QED) is 0.231. The first-order valence-electron chi connectivity index (χ1n) is 10.2. The summed E-state index contributed by atoms with van der Waals surface area (Å²) in [6.07, 6.45) is 4.21. The van der Waals surface area contributed by atoms with Crippen LogP contribution in [0.15, 0.2) is 43.9 Å². The van der Waals surface area contributed by atoms with Crippen molar-refractivity contribution < 1.29 is 24.3 Å². The van der Waals surface area contributed by atoms with Crippen molar-refractivity contribution in [2.24, 2.45) is 5.16 Å². The number of aromatic nitrogens is 3. The summed E-state index contributed by atoms with van der Waals surface area (Å²) in [5, 5.41) is 18.1. The summed E-state index contributed by atoms with van der Waals surface area (Å²) in [6.45, 7) is 0. The van der Waals surface area contributed by atoms with Gasteiger partial charge in [0.25, 0.3) is 11.8 Å². The topological polar surface area (TPSA) is 173 Å². The van der Waals surface area contributed by atoms with Crippen LogP contribution in [0.5, 0.6) is 0 Å². The highest BCUT2D eigenvalue weighted by atomic mass is 32.2. The van der Waals surface area contributed by atoms with Crippen LogP contribution in [0.2, 0.25) is 0 Å². The number of amides is 2. The van der Waals surface area contributed by atoms with Crippen molar-refractivity contribution in [1.82, 2.24) is 25.2 Å². The minimum Gasteiger partial charge on any atom is -0.477 e. The SMILES string of the molecule is CO/N=C(\C(=O)N[C@@H]1C(=O)N2C(C(=O)O)=C(Sc3nc4cnccc4s3)CCC12)c1csc(N)n1. The van der Waals surface area contributed by atoms with Gasteiger partial charge in [0, 0.05) is 16.5 Å². The monoisotopic (exact) mass is 531 g/mol. The second-order valence-corrected chi connectivity index (χ2v) is 10.7. The van der Waals surface area contributed by atoms with Crippen LogP contribution in [0.3, 0.4) is 0 Å². The molecule has 2 aliphatic rings. The van der Waals surface area contributed by atoms with E-state index in [1.54, 1.807) is 17.8 Å². The predicted molar refractivity (Wildman–Crippen MR) is 130 cm³/mol. The van der Waals surface area contributed by atoms with Gasteiger partial charge in [-0.2, -0.15) is 0 Å². The molecule has 35 heavy (non-hydrogen) atoms. The molecule has 2 atom stereocenters. The molecule has 5 rings (SSSR count). The highest BCUT2D eigenvalue weighted by molar-refractivity contribution is 8.04. The zero-order valence-electron chi connectivity index (χ0n) is 18.0. The molecule has 2 aliphatic heterocycles. The average Bonchev–Trinajstić information content (AvgIpc) is 3.45. The van der Waals surface area contributed by atoms with Crippen LogP contribution in [0.1, 0.15) is 18.5 Å². The first kappa shape index (κ1) is 23.2. The third kappa shape index (κ3) is 4.21. The Morgan fingerprint density at radius 3 is 2.91 bits per heavy atom. The largest absolute Gasteiger partial charge is 0.477 e. The number of thioether (sulfide) groups is 1. The maximum atomic E-state index is 13.0. The van der Waals surface area contributed by atoms with Crippen LogP contribution in [-0.2, 0) is 19.2 Å². The summed E-state index contributed by atoms with van der Waals surface area (Å²) in [7, 11) is 1.28. The first-order valence-corrected chi connectivity index (χ1v) is 12.7. The summed E-state index contributed by atoms with van der Waals surface area (Å²) in [4.78, 5) is 57.1. The molecule has 0 aliphatic carbocycles. The zero-order chi connectivity index (χ0) is 24.7. The summed E-state index contributed by atoms with van der Waals surface area (Å²) in [6, 6.07) is 0.453. The van der Waals surface area contributed by atoms with E-state index in [2.05, 4.69) is 25.4 Å². The van der Waals surface area contributed by atoms with E-state index in [1.165, 1.54) is 35.1 Å². The van der Waals surface area contributed by atoms with Crippen molar-refractivity contribution in [1.29, 1.82) is 0 Å². The highest BCUT2D eigenvalue weighted by Crippen LogP contribution is 2.44. The molecule has 1 fully saturated rings. The van der Waals surface area contributed by atoms with E-state index in [0.717, 1.165) is 21.6 Å². The molecule has 2 amide bonds. The highest BCUT2D eigenvalue weighted by Gasteiger charge is 2.54. The maximum Gasteiger partial charge on any atom is 0.353 e. The molecule has 0 radical (unpaired) electrons. The Bertz CT molecular complexity index is 1380. The summed E-state index contributed by atoms with van der Waals surface area (Å²) in [5.41, 5.74) is 6.38. The van der Waals surface area contributed by atoms with Gasteiger partial charge in [-0.15, -0.1) is 22.7 Å².